The number of nitrogens with zero attached hydrogens (tertiary/aromatic N) is 1. The lowest BCUT2D eigenvalue weighted by Crippen LogP contribution is -2.38. The summed E-state index contributed by atoms with van der Waals surface area (Å²) in [6.45, 7) is 0.504. The smallest absolute Gasteiger partial charge is 0.251 e. The van der Waals surface area contributed by atoms with Crippen LogP contribution in [-0.2, 0) is 16.1 Å². The Balaban J connectivity index is 1.65. The molecule has 6 nitrogen and oxygen atoms in total. The van der Waals surface area contributed by atoms with Crippen LogP contribution in [0.25, 0.3) is 0 Å². The van der Waals surface area contributed by atoms with E-state index in [4.69, 9.17) is 9.47 Å². The van der Waals surface area contributed by atoms with E-state index in [0.717, 1.165) is 11.3 Å². The van der Waals surface area contributed by atoms with Crippen LogP contribution in [-0.4, -0.2) is 32.1 Å². The summed E-state index contributed by atoms with van der Waals surface area (Å²) >= 11 is 0. The topological polar surface area (TPSA) is 67.9 Å². The summed E-state index contributed by atoms with van der Waals surface area (Å²) in [5, 5.41) is 3.16. The number of methoxy groups -OCH3 is 2. The number of carbonyl (C=O) groups is 2. The molecule has 0 spiro atoms. The number of carbonyl (C=O) groups excluding carboxylic acids is 2. The Kier molecular flexibility index (Phi) is 5.00. The molecule has 1 aliphatic heterocycles. The predicted octanol–water partition coefficient (Wildman–Crippen LogP) is 2.13. The Labute approximate surface area is 146 Å². The highest BCUT2D eigenvalue weighted by molar-refractivity contribution is 6.22. The molecule has 0 aliphatic carbocycles. The third kappa shape index (κ3) is 3.64. The zero-order valence-corrected chi connectivity index (χ0v) is 14.2. The molecule has 130 valence electrons. The maximum Gasteiger partial charge on any atom is 0.251 e. The zero-order valence-electron chi connectivity index (χ0n) is 14.2. The van der Waals surface area contributed by atoms with Crippen LogP contribution in [0, 0.1) is 0 Å². The Bertz CT molecular complexity index is 756. The third-order valence-electron chi connectivity index (χ3n) is 4.19. The van der Waals surface area contributed by atoms with E-state index in [0.29, 0.717) is 18.0 Å². The van der Waals surface area contributed by atoms with Crippen LogP contribution >= 0.6 is 0 Å². The molecule has 1 heterocycles. The van der Waals surface area contributed by atoms with Crippen molar-refractivity contribution in [1.29, 1.82) is 0 Å². The third-order valence-corrected chi connectivity index (χ3v) is 4.19. The lowest BCUT2D eigenvalue weighted by Gasteiger charge is -2.16. The van der Waals surface area contributed by atoms with Crippen LogP contribution in [0.4, 0.5) is 5.69 Å². The molecule has 2 aromatic rings. The first-order valence-corrected chi connectivity index (χ1v) is 7.99. The van der Waals surface area contributed by atoms with Gasteiger partial charge in [0.1, 0.15) is 11.5 Å². The van der Waals surface area contributed by atoms with Crippen LogP contribution in [0.2, 0.25) is 0 Å². The molecule has 0 bridgehead atoms. The summed E-state index contributed by atoms with van der Waals surface area (Å²) in [7, 11) is 3.18. The number of nitrogens with one attached hydrogen (secondary N) is 1. The first-order valence-electron chi connectivity index (χ1n) is 7.99. The first kappa shape index (κ1) is 17.0. The van der Waals surface area contributed by atoms with E-state index in [1.807, 2.05) is 24.3 Å². The molecule has 1 N–H and O–H groups in total. The quantitative estimate of drug-likeness (QED) is 0.816. The molecule has 0 saturated carbocycles. The highest BCUT2D eigenvalue weighted by Crippen LogP contribution is 2.25. The van der Waals surface area contributed by atoms with Gasteiger partial charge in [-0.25, -0.2) is 4.90 Å². The summed E-state index contributed by atoms with van der Waals surface area (Å²) in [4.78, 5) is 26.1. The highest BCUT2D eigenvalue weighted by Gasteiger charge is 2.39. The van der Waals surface area contributed by atoms with Crippen molar-refractivity contribution in [3.05, 3.63) is 54.1 Å². The van der Waals surface area contributed by atoms with Gasteiger partial charge in [-0.05, 0) is 42.0 Å². The van der Waals surface area contributed by atoms with Crippen molar-refractivity contribution in [1.82, 2.24) is 5.32 Å². The number of ether oxygens (including phenoxy) is 2. The van der Waals surface area contributed by atoms with E-state index in [1.165, 1.54) is 4.90 Å². The minimum atomic E-state index is -0.517. The highest BCUT2D eigenvalue weighted by atomic mass is 16.5. The molecule has 1 atom stereocenters. The van der Waals surface area contributed by atoms with Crippen molar-refractivity contribution in [2.24, 2.45) is 0 Å². The number of anilines is 1. The van der Waals surface area contributed by atoms with Crippen molar-refractivity contribution >= 4 is 17.5 Å². The second-order valence-corrected chi connectivity index (χ2v) is 5.75. The van der Waals surface area contributed by atoms with Crippen LogP contribution < -0.4 is 19.7 Å². The molecule has 3 rings (SSSR count). The summed E-state index contributed by atoms with van der Waals surface area (Å²) in [5.74, 6) is 1.02. The molecule has 0 radical (unpaired) electrons. The van der Waals surface area contributed by atoms with E-state index < -0.39 is 6.04 Å². The second-order valence-electron chi connectivity index (χ2n) is 5.75. The van der Waals surface area contributed by atoms with Crippen LogP contribution in [0.15, 0.2) is 48.5 Å². The minimum absolute atomic E-state index is 0.154. The van der Waals surface area contributed by atoms with Crippen molar-refractivity contribution < 1.29 is 19.1 Å². The number of benzene rings is 2. The monoisotopic (exact) mass is 340 g/mol. The van der Waals surface area contributed by atoms with Gasteiger partial charge in [-0.3, -0.25) is 9.59 Å². The number of hydrogen-bond acceptors (Lipinski definition) is 5. The van der Waals surface area contributed by atoms with Gasteiger partial charge < -0.3 is 14.8 Å². The van der Waals surface area contributed by atoms with Gasteiger partial charge in [-0.1, -0.05) is 12.1 Å². The van der Waals surface area contributed by atoms with Crippen molar-refractivity contribution in [2.75, 3.05) is 19.1 Å². The maximum absolute atomic E-state index is 12.6. The minimum Gasteiger partial charge on any atom is -0.497 e. The molecule has 2 aromatic carbocycles. The Morgan fingerprint density at radius 1 is 0.960 bits per heavy atom. The Hall–Kier alpha value is -2.86. The molecule has 1 fully saturated rings. The molecule has 6 heteroatoms. The van der Waals surface area contributed by atoms with Crippen LogP contribution in [0.1, 0.15) is 12.0 Å². The normalized spacial score (nSPS) is 17.0. The van der Waals surface area contributed by atoms with E-state index >= 15 is 0 Å². The van der Waals surface area contributed by atoms with Crippen molar-refractivity contribution in [3.63, 3.8) is 0 Å². The SMILES string of the molecule is COc1ccc(CN[C@@H]2CC(=O)N(c3ccc(OC)cc3)C2=O)cc1. The molecule has 2 amide bonds. The summed E-state index contributed by atoms with van der Waals surface area (Å²) in [6, 6.07) is 13.9. The van der Waals surface area contributed by atoms with Gasteiger partial charge in [0.15, 0.2) is 0 Å². The molecule has 1 aliphatic rings. The zero-order chi connectivity index (χ0) is 17.8. The maximum atomic E-state index is 12.6. The standard InChI is InChI=1S/C19H20N2O4/c1-24-15-7-3-13(4-8-15)12-20-17-11-18(22)21(19(17)23)14-5-9-16(25-2)10-6-14/h3-10,17,20H,11-12H2,1-2H3/t17-/m1/s1. The van der Waals surface area contributed by atoms with Crippen molar-refractivity contribution in [3.8, 4) is 11.5 Å². The van der Waals surface area contributed by atoms with Crippen LogP contribution in [0.5, 0.6) is 11.5 Å². The van der Waals surface area contributed by atoms with Gasteiger partial charge in [0, 0.05) is 6.54 Å². The van der Waals surface area contributed by atoms with E-state index in [2.05, 4.69) is 5.32 Å². The summed E-state index contributed by atoms with van der Waals surface area (Å²) < 4.78 is 10.2. The van der Waals surface area contributed by atoms with Crippen LogP contribution in [0.3, 0.4) is 0 Å². The van der Waals surface area contributed by atoms with Gasteiger partial charge in [-0.15, -0.1) is 0 Å². The largest absolute Gasteiger partial charge is 0.497 e. The number of imide groups is 1. The molecular formula is C19H20N2O4. The average molecular weight is 340 g/mol. The molecule has 0 unspecified atom stereocenters. The van der Waals surface area contributed by atoms with E-state index in [9.17, 15) is 9.59 Å². The average Bonchev–Trinajstić information content (AvgIpc) is 2.94. The lowest BCUT2D eigenvalue weighted by molar-refractivity contribution is -0.121. The number of amides is 2. The fourth-order valence-corrected chi connectivity index (χ4v) is 2.78. The van der Waals surface area contributed by atoms with Gasteiger partial charge in [0.25, 0.3) is 5.91 Å². The Morgan fingerprint density at radius 3 is 2.08 bits per heavy atom. The molecule has 1 saturated heterocycles. The fraction of sp³-hybridized carbons (Fsp3) is 0.263. The lowest BCUT2D eigenvalue weighted by atomic mass is 10.2. The van der Waals surface area contributed by atoms with Gasteiger partial charge in [0.2, 0.25) is 5.91 Å². The molecular weight excluding hydrogens is 320 g/mol. The number of hydrogen-bond donors (Lipinski definition) is 1. The first-order chi connectivity index (χ1) is 12.1. The fourth-order valence-electron chi connectivity index (χ4n) is 2.78. The predicted molar refractivity (Wildman–Crippen MR) is 93.7 cm³/mol. The van der Waals surface area contributed by atoms with Gasteiger partial charge in [-0.2, -0.15) is 0 Å². The second kappa shape index (κ2) is 7.36. The molecule has 25 heavy (non-hydrogen) atoms. The molecule has 0 aromatic heterocycles. The van der Waals surface area contributed by atoms with Crippen molar-refractivity contribution in [2.45, 2.75) is 19.0 Å². The Morgan fingerprint density at radius 2 is 1.52 bits per heavy atom. The van der Waals surface area contributed by atoms with Gasteiger partial charge in [0.05, 0.1) is 32.4 Å². The van der Waals surface area contributed by atoms with E-state index in [-0.39, 0.29) is 18.2 Å². The van der Waals surface area contributed by atoms with Gasteiger partial charge >= 0.3 is 0 Å². The number of rotatable bonds is 6. The summed E-state index contributed by atoms with van der Waals surface area (Å²) in [6.07, 6.45) is 0.154. The van der Waals surface area contributed by atoms with E-state index in [1.54, 1.807) is 38.5 Å². The summed E-state index contributed by atoms with van der Waals surface area (Å²) in [5.41, 5.74) is 1.58.